The van der Waals surface area contributed by atoms with Crippen LogP contribution in [0.3, 0.4) is 0 Å². The monoisotopic (exact) mass is 287 g/mol. The summed E-state index contributed by atoms with van der Waals surface area (Å²) in [7, 11) is 0. The van der Waals surface area contributed by atoms with Crippen molar-refractivity contribution in [2.45, 2.75) is 44.3 Å². The number of hydrogen-bond donors (Lipinski definition) is 2. The summed E-state index contributed by atoms with van der Waals surface area (Å²) in [6, 6.07) is 11.0. The Kier molecular flexibility index (Phi) is 4.88. The predicted molar refractivity (Wildman–Crippen MR) is 83.9 cm³/mol. The van der Waals surface area contributed by atoms with Crippen LogP contribution in [-0.4, -0.2) is 42.5 Å². The van der Waals surface area contributed by atoms with Gasteiger partial charge < -0.3 is 10.6 Å². The Morgan fingerprint density at radius 3 is 2.62 bits per heavy atom. The minimum atomic E-state index is 0.0485. The van der Waals surface area contributed by atoms with Gasteiger partial charge in [0.05, 0.1) is 6.04 Å². The van der Waals surface area contributed by atoms with Crippen molar-refractivity contribution in [2.24, 2.45) is 0 Å². The number of likely N-dealkylation sites (tertiary alicyclic amines) is 1. The molecule has 2 saturated heterocycles. The van der Waals surface area contributed by atoms with Crippen molar-refractivity contribution < 1.29 is 4.79 Å². The summed E-state index contributed by atoms with van der Waals surface area (Å²) in [4.78, 5) is 14.6. The first kappa shape index (κ1) is 14.5. The van der Waals surface area contributed by atoms with E-state index in [1.807, 2.05) is 0 Å². The molecule has 0 saturated carbocycles. The van der Waals surface area contributed by atoms with Gasteiger partial charge >= 0.3 is 0 Å². The zero-order chi connectivity index (χ0) is 14.5. The van der Waals surface area contributed by atoms with Crippen LogP contribution in [0.5, 0.6) is 0 Å². The minimum absolute atomic E-state index is 0.0485. The van der Waals surface area contributed by atoms with Crippen LogP contribution in [0.1, 0.15) is 31.2 Å². The van der Waals surface area contributed by atoms with Gasteiger partial charge in [0, 0.05) is 25.7 Å². The molecule has 1 aromatic carbocycles. The lowest BCUT2D eigenvalue weighted by molar-refractivity contribution is -0.123. The summed E-state index contributed by atoms with van der Waals surface area (Å²) in [5.41, 5.74) is 1.37. The van der Waals surface area contributed by atoms with E-state index < -0.39 is 0 Å². The Labute approximate surface area is 126 Å². The van der Waals surface area contributed by atoms with E-state index in [4.69, 9.17) is 0 Å². The molecule has 1 unspecified atom stereocenters. The highest BCUT2D eigenvalue weighted by molar-refractivity contribution is 5.82. The molecule has 1 amide bonds. The molecule has 2 fully saturated rings. The highest BCUT2D eigenvalue weighted by Gasteiger charge is 2.26. The van der Waals surface area contributed by atoms with Crippen LogP contribution in [0, 0.1) is 0 Å². The van der Waals surface area contributed by atoms with Gasteiger partial charge in [-0.2, -0.15) is 0 Å². The van der Waals surface area contributed by atoms with Gasteiger partial charge in [0.15, 0.2) is 0 Å². The first-order valence-corrected chi connectivity index (χ1v) is 8.11. The van der Waals surface area contributed by atoms with Crippen LogP contribution in [-0.2, 0) is 11.3 Å². The van der Waals surface area contributed by atoms with E-state index in [9.17, 15) is 4.79 Å². The quantitative estimate of drug-likeness (QED) is 0.882. The number of rotatable bonds is 4. The maximum absolute atomic E-state index is 12.1. The van der Waals surface area contributed by atoms with Crippen molar-refractivity contribution in [2.75, 3.05) is 19.6 Å². The van der Waals surface area contributed by atoms with E-state index >= 15 is 0 Å². The molecule has 0 radical (unpaired) electrons. The van der Waals surface area contributed by atoms with Crippen molar-refractivity contribution in [1.82, 2.24) is 15.5 Å². The lowest BCUT2D eigenvalue weighted by Crippen LogP contribution is -2.49. The van der Waals surface area contributed by atoms with Crippen LogP contribution in [0.15, 0.2) is 30.3 Å². The van der Waals surface area contributed by atoms with E-state index in [1.54, 1.807) is 0 Å². The molecular formula is C17H25N3O. The molecule has 4 nitrogen and oxygen atoms in total. The van der Waals surface area contributed by atoms with Crippen molar-refractivity contribution >= 4 is 5.91 Å². The van der Waals surface area contributed by atoms with Crippen LogP contribution in [0.25, 0.3) is 0 Å². The second kappa shape index (κ2) is 7.05. The fourth-order valence-corrected chi connectivity index (χ4v) is 3.29. The molecule has 2 aliphatic rings. The number of nitrogens with zero attached hydrogens (tertiary/aromatic N) is 1. The molecular weight excluding hydrogens is 262 g/mol. The van der Waals surface area contributed by atoms with E-state index in [0.717, 1.165) is 51.9 Å². The third-order valence-corrected chi connectivity index (χ3v) is 4.56. The Hall–Kier alpha value is -1.39. The molecule has 21 heavy (non-hydrogen) atoms. The van der Waals surface area contributed by atoms with E-state index in [-0.39, 0.29) is 11.9 Å². The SMILES string of the molecule is O=C(NC1CCN(Cc2ccccc2)CC1)C1CCCN1. The molecule has 2 heterocycles. The van der Waals surface area contributed by atoms with Crippen molar-refractivity contribution in [3.63, 3.8) is 0 Å². The van der Waals surface area contributed by atoms with Gasteiger partial charge in [0.25, 0.3) is 0 Å². The maximum atomic E-state index is 12.1. The van der Waals surface area contributed by atoms with E-state index in [0.29, 0.717) is 6.04 Å². The number of nitrogens with one attached hydrogen (secondary N) is 2. The van der Waals surface area contributed by atoms with Gasteiger partial charge in [-0.1, -0.05) is 30.3 Å². The molecule has 0 aromatic heterocycles. The summed E-state index contributed by atoms with van der Waals surface area (Å²) in [6.45, 7) is 4.13. The van der Waals surface area contributed by atoms with Gasteiger partial charge in [-0.25, -0.2) is 0 Å². The molecule has 1 aromatic rings. The first-order valence-electron chi connectivity index (χ1n) is 8.11. The molecule has 114 valence electrons. The largest absolute Gasteiger partial charge is 0.352 e. The molecule has 4 heteroatoms. The third-order valence-electron chi connectivity index (χ3n) is 4.56. The summed E-state index contributed by atoms with van der Waals surface area (Å²) in [5.74, 6) is 0.203. The third kappa shape index (κ3) is 4.05. The van der Waals surface area contributed by atoms with Crippen molar-refractivity contribution in [3.05, 3.63) is 35.9 Å². The van der Waals surface area contributed by atoms with Gasteiger partial charge in [0.1, 0.15) is 0 Å². The standard InChI is InChI=1S/C17H25N3O/c21-17(16-7-4-10-18-16)19-15-8-11-20(12-9-15)13-14-5-2-1-3-6-14/h1-3,5-6,15-16,18H,4,7-13H2,(H,19,21). The van der Waals surface area contributed by atoms with Crippen LogP contribution >= 0.6 is 0 Å². The summed E-state index contributed by atoms with van der Waals surface area (Å²) < 4.78 is 0. The van der Waals surface area contributed by atoms with Gasteiger partial charge in [-0.3, -0.25) is 9.69 Å². The van der Waals surface area contributed by atoms with Crippen LogP contribution in [0.4, 0.5) is 0 Å². The number of hydrogen-bond acceptors (Lipinski definition) is 3. The molecule has 2 N–H and O–H groups in total. The fourth-order valence-electron chi connectivity index (χ4n) is 3.29. The highest BCUT2D eigenvalue weighted by Crippen LogP contribution is 2.14. The van der Waals surface area contributed by atoms with Crippen molar-refractivity contribution in [3.8, 4) is 0 Å². The Morgan fingerprint density at radius 1 is 1.19 bits per heavy atom. The van der Waals surface area contributed by atoms with Crippen LogP contribution < -0.4 is 10.6 Å². The number of carbonyl (C=O) groups is 1. The molecule has 1 atom stereocenters. The summed E-state index contributed by atoms with van der Waals surface area (Å²) in [6.07, 6.45) is 4.23. The Bertz CT molecular complexity index is 448. The number of piperidine rings is 1. The zero-order valence-corrected chi connectivity index (χ0v) is 12.6. The van der Waals surface area contributed by atoms with Crippen LogP contribution in [0.2, 0.25) is 0 Å². The zero-order valence-electron chi connectivity index (χ0n) is 12.6. The predicted octanol–water partition coefficient (Wildman–Crippen LogP) is 1.52. The number of carbonyl (C=O) groups excluding carboxylic acids is 1. The summed E-state index contributed by atoms with van der Waals surface area (Å²) in [5, 5.41) is 6.48. The minimum Gasteiger partial charge on any atom is -0.352 e. The van der Waals surface area contributed by atoms with E-state index in [2.05, 4.69) is 45.9 Å². The Balaban J connectivity index is 1.41. The molecule has 0 aliphatic carbocycles. The van der Waals surface area contributed by atoms with Crippen molar-refractivity contribution in [1.29, 1.82) is 0 Å². The average molecular weight is 287 g/mol. The van der Waals surface area contributed by atoms with Gasteiger partial charge in [0.2, 0.25) is 5.91 Å². The second-order valence-corrected chi connectivity index (χ2v) is 6.19. The molecule has 2 aliphatic heterocycles. The Morgan fingerprint density at radius 2 is 1.95 bits per heavy atom. The normalized spacial score (nSPS) is 24.1. The van der Waals surface area contributed by atoms with Gasteiger partial charge in [-0.15, -0.1) is 0 Å². The molecule has 3 rings (SSSR count). The lowest BCUT2D eigenvalue weighted by atomic mass is 10.0. The molecule has 0 spiro atoms. The fraction of sp³-hybridized carbons (Fsp3) is 0.588. The lowest BCUT2D eigenvalue weighted by Gasteiger charge is -2.32. The topological polar surface area (TPSA) is 44.4 Å². The number of benzene rings is 1. The van der Waals surface area contributed by atoms with Gasteiger partial charge in [-0.05, 0) is 37.8 Å². The average Bonchev–Trinajstić information content (AvgIpc) is 3.05. The second-order valence-electron chi connectivity index (χ2n) is 6.19. The van der Waals surface area contributed by atoms with E-state index in [1.165, 1.54) is 5.56 Å². The highest BCUT2D eigenvalue weighted by atomic mass is 16.2. The molecule has 0 bridgehead atoms. The number of amides is 1. The first-order chi connectivity index (χ1) is 10.3. The summed E-state index contributed by atoms with van der Waals surface area (Å²) >= 11 is 0. The maximum Gasteiger partial charge on any atom is 0.237 e. The smallest absolute Gasteiger partial charge is 0.237 e.